The third kappa shape index (κ3) is 6.64. The largest absolute Gasteiger partial charge is 0.445 e. The van der Waals surface area contributed by atoms with Crippen molar-refractivity contribution in [2.24, 2.45) is 0 Å². The van der Waals surface area contributed by atoms with Crippen LogP contribution in [0.5, 0.6) is 0 Å². The Hall–Kier alpha value is -3.35. The summed E-state index contributed by atoms with van der Waals surface area (Å²) >= 11 is 18.7. The van der Waals surface area contributed by atoms with E-state index in [2.05, 4.69) is 5.32 Å². The second-order valence-corrected chi connectivity index (χ2v) is 14.3. The number of ether oxygens (including phenoxy) is 1. The first-order valence-electron chi connectivity index (χ1n) is 14.3. The first-order chi connectivity index (χ1) is 21.5. The molecule has 3 unspecified atom stereocenters. The monoisotopic (exact) mass is 690 g/mol. The number of rotatable bonds is 8. The van der Waals surface area contributed by atoms with Gasteiger partial charge in [0.2, 0.25) is 21.8 Å². The molecule has 3 aliphatic rings. The lowest BCUT2D eigenvalue weighted by atomic mass is 9.97. The van der Waals surface area contributed by atoms with Gasteiger partial charge in [-0.3, -0.25) is 9.59 Å². The highest BCUT2D eigenvalue weighted by atomic mass is 35.5. The predicted molar refractivity (Wildman–Crippen MR) is 168 cm³/mol. The normalized spacial score (nSPS) is 22.2. The number of carbonyl (C=O) groups is 3. The Morgan fingerprint density at radius 3 is 2.27 bits per heavy atom. The number of hydrogen-bond donors (Lipinski definition) is 1. The van der Waals surface area contributed by atoms with Gasteiger partial charge in [0.05, 0.1) is 11.6 Å². The molecule has 0 aromatic heterocycles. The number of sulfonamides is 1. The molecular formula is C31H29Cl3N4O6S. The molecule has 0 bridgehead atoms. The fraction of sp³-hybridized carbons (Fsp3) is 0.323. The number of carbonyl (C=O) groups excluding carboxylic acids is 3. The summed E-state index contributed by atoms with van der Waals surface area (Å²) in [7, 11) is -4.38. The number of halogens is 3. The van der Waals surface area contributed by atoms with Crippen molar-refractivity contribution in [3.8, 4) is 0 Å². The molecule has 3 aromatic carbocycles. The number of nitrogens with zero attached hydrogens (tertiary/aromatic N) is 3. The first kappa shape index (κ1) is 31.6. The summed E-state index contributed by atoms with van der Waals surface area (Å²) in [6, 6.07) is 17.5. The van der Waals surface area contributed by atoms with Gasteiger partial charge in [0.15, 0.2) is 0 Å². The fourth-order valence-electron chi connectivity index (χ4n) is 5.83. The van der Waals surface area contributed by atoms with E-state index in [0.717, 1.165) is 22.7 Å². The molecule has 3 aromatic rings. The van der Waals surface area contributed by atoms with Crippen molar-refractivity contribution < 1.29 is 27.5 Å². The van der Waals surface area contributed by atoms with Crippen LogP contribution in [0.3, 0.4) is 0 Å². The van der Waals surface area contributed by atoms with Gasteiger partial charge >= 0.3 is 6.09 Å². The van der Waals surface area contributed by atoms with E-state index < -0.39 is 46.8 Å². The number of amides is 3. The molecule has 0 spiro atoms. The van der Waals surface area contributed by atoms with Crippen LogP contribution >= 0.6 is 34.8 Å². The summed E-state index contributed by atoms with van der Waals surface area (Å²) < 4.78 is 35.1. The molecule has 1 saturated carbocycles. The van der Waals surface area contributed by atoms with Crippen molar-refractivity contribution in [3.05, 3.63) is 99.0 Å². The Labute approximate surface area is 275 Å². The third-order valence-corrected chi connectivity index (χ3v) is 10.9. The fourth-order valence-corrected chi connectivity index (χ4v) is 8.38. The molecule has 10 nitrogen and oxygen atoms in total. The van der Waals surface area contributed by atoms with Gasteiger partial charge in [0.25, 0.3) is 0 Å². The van der Waals surface area contributed by atoms with Crippen molar-refractivity contribution in [1.29, 1.82) is 0 Å². The van der Waals surface area contributed by atoms with Gasteiger partial charge in [-0.2, -0.15) is 4.31 Å². The Morgan fingerprint density at radius 2 is 1.58 bits per heavy atom. The molecule has 2 saturated heterocycles. The standard InChI is InChI=1S/C31H29Cl3N4O6S/c32-21-8-4-7-20(13-21)14-26-30(40)36(23-10-11-23)17-28-37(45(42,43)27-12-9-22(33)15-24(27)34)16-25(29(39)38(26)28)35-31(41)44-18-19-5-2-1-3-6-19/h1-9,12-13,15,23,25-26,28H,10-11,14,16-18H2,(H,35,41). The van der Waals surface area contributed by atoms with E-state index in [9.17, 15) is 22.8 Å². The molecule has 3 atom stereocenters. The van der Waals surface area contributed by atoms with Crippen LogP contribution in [0.2, 0.25) is 15.1 Å². The van der Waals surface area contributed by atoms with Gasteiger partial charge < -0.3 is 19.9 Å². The lowest BCUT2D eigenvalue weighted by Crippen LogP contribution is -2.76. The number of hydrogen-bond acceptors (Lipinski definition) is 6. The zero-order valence-electron chi connectivity index (χ0n) is 23.8. The second kappa shape index (κ2) is 12.8. The molecule has 2 aliphatic heterocycles. The van der Waals surface area contributed by atoms with Gasteiger partial charge in [0, 0.05) is 29.1 Å². The van der Waals surface area contributed by atoms with Crippen LogP contribution in [-0.4, -0.2) is 77.8 Å². The van der Waals surface area contributed by atoms with Gasteiger partial charge in [-0.1, -0.05) is 77.3 Å². The minimum Gasteiger partial charge on any atom is -0.445 e. The molecule has 1 aliphatic carbocycles. The van der Waals surface area contributed by atoms with Gasteiger partial charge in [0.1, 0.15) is 29.8 Å². The molecular weight excluding hydrogens is 663 g/mol. The third-order valence-electron chi connectivity index (χ3n) is 8.12. The quantitative estimate of drug-likeness (QED) is 0.366. The van der Waals surface area contributed by atoms with E-state index in [4.69, 9.17) is 39.5 Å². The number of fused-ring (bicyclic) bond motifs is 1. The first-order valence-corrected chi connectivity index (χ1v) is 16.9. The molecule has 45 heavy (non-hydrogen) atoms. The van der Waals surface area contributed by atoms with Crippen LogP contribution in [0.1, 0.15) is 24.0 Å². The molecule has 14 heteroatoms. The van der Waals surface area contributed by atoms with E-state index in [1.54, 1.807) is 53.4 Å². The lowest BCUT2D eigenvalue weighted by Gasteiger charge is -2.53. The smallest absolute Gasteiger partial charge is 0.408 e. The number of benzene rings is 3. The molecule has 2 heterocycles. The van der Waals surface area contributed by atoms with E-state index in [0.29, 0.717) is 10.6 Å². The Kier molecular flexibility index (Phi) is 9.00. The summed E-state index contributed by atoms with van der Waals surface area (Å²) in [6.07, 6.45) is -0.319. The highest BCUT2D eigenvalue weighted by Crippen LogP contribution is 2.38. The van der Waals surface area contributed by atoms with E-state index in [1.165, 1.54) is 23.1 Å². The summed E-state index contributed by atoms with van der Waals surface area (Å²) in [6.45, 7) is -0.496. The van der Waals surface area contributed by atoms with Crippen molar-refractivity contribution in [3.63, 3.8) is 0 Å². The van der Waals surface area contributed by atoms with Gasteiger partial charge in [-0.25, -0.2) is 13.2 Å². The molecule has 1 N–H and O–H groups in total. The average molecular weight is 692 g/mol. The van der Waals surface area contributed by atoms with Gasteiger partial charge in [-0.05, 0) is 54.3 Å². The molecule has 3 fully saturated rings. The Morgan fingerprint density at radius 1 is 0.867 bits per heavy atom. The maximum Gasteiger partial charge on any atom is 0.408 e. The van der Waals surface area contributed by atoms with E-state index in [-0.39, 0.29) is 46.5 Å². The van der Waals surface area contributed by atoms with Crippen LogP contribution in [-0.2, 0) is 37.4 Å². The maximum atomic E-state index is 14.3. The summed E-state index contributed by atoms with van der Waals surface area (Å²) in [5, 5.41) is 3.15. The molecule has 0 radical (unpaired) electrons. The topological polar surface area (TPSA) is 116 Å². The number of alkyl carbamates (subject to hydrolysis) is 1. The SMILES string of the molecule is O=C(NC1CN(S(=O)(=O)c2ccc(Cl)cc2Cl)C2CN(C3CC3)C(=O)C(Cc3cccc(Cl)c3)N2C1=O)OCc1ccccc1. The minimum atomic E-state index is -4.38. The highest BCUT2D eigenvalue weighted by molar-refractivity contribution is 7.89. The lowest BCUT2D eigenvalue weighted by molar-refractivity contribution is -0.167. The van der Waals surface area contributed by atoms with Crippen molar-refractivity contribution in [1.82, 2.24) is 19.4 Å². The van der Waals surface area contributed by atoms with Crippen LogP contribution in [0.15, 0.2) is 77.7 Å². The minimum absolute atomic E-state index is 0.0309. The summed E-state index contributed by atoms with van der Waals surface area (Å²) in [5.74, 6) is -0.891. The van der Waals surface area contributed by atoms with E-state index >= 15 is 0 Å². The van der Waals surface area contributed by atoms with Crippen LogP contribution in [0.25, 0.3) is 0 Å². The Balaban J connectivity index is 1.37. The second-order valence-electron chi connectivity index (χ2n) is 11.2. The van der Waals surface area contributed by atoms with Crippen molar-refractivity contribution >= 4 is 62.7 Å². The average Bonchev–Trinajstić information content (AvgIpc) is 3.84. The van der Waals surface area contributed by atoms with Crippen molar-refractivity contribution in [2.45, 2.75) is 55.1 Å². The maximum absolute atomic E-state index is 14.3. The highest BCUT2D eigenvalue weighted by Gasteiger charge is 2.56. The Bertz CT molecular complexity index is 1740. The van der Waals surface area contributed by atoms with Gasteiger partial charge in [-0.15, -0.1) is 0 Å². The number of nitrogens with one attached hydrogen (secondary N) is 1. The summed E-state index contributed by atoms with van der Waals surface area (Å²) in [4.78, 5) is 43.8. The molecule has 3 amide bonds. The summed E-state index contributed by atoms with van der Waals surface area (Å²) in [5.41, 5.74) is 1.42. The predicted octanol–water partition coefficient (Wildman–Crippen LogP) is 4.72. The van der Waals surface area contributed by atoms with Crippen LogP contribution < -0.4 is 5.32 Å². The number of piperazine rings is 1. The van der Waals surface area contributed by atoms with Crippen molar-refractivity contribution in [2.75, 3.05) is 13.1 Å². The molecule has 6 rings (SSSR count). The zero-order chi connectivity index (χ0) is 31.9. The zero-order valence-corrected chi connectivity index (χ0v) is 26.9. The van der Waals surface area contributed by atoms with Crippen LogP contribution in [0.4, 0.5) is 4.79 Å². The molecule has 236 valence electrons. The van der Waals surface area contributed by atoms with E-state index in [1.807, 2.05) is 6.07 Å². The van der Waals surface area contributed by atoms with Crippen LogP contribution in [0, 0.1) is 0 Å².